The quantitative estimate of drug-likeness (QED) is 0.704. The largest absolute Gasteiger partial charge is 0.428 e. The van der Waals surface area contributed by atoms with E-state index in [4.69, 9.17) is 16.0 Å². The molecule has 1 amide bonds. The van der Waals surface area contributed by atoms with Crippen molar-refractivity contribution in [2.45, 2.75) is 0 Å². The number of hydrogen-bond acceptors (Lipinski definition) is 3. The third kappa shape index (κ3) is 2.72. The van der Waals surface area contributed by atoms with Crippen molar-refractivity contribution in [3.05, 3.63) is 62.5 Å². The molecule has 0 saturated heterocycles. The van der Waals surface area contributed by atoms with Crippen LogP contribution in [-0.4, -0.2) is 10.6 Å². The van der Waals surface area contributed by atoms with Gasteiger partial charge in [0.25, 0.3) is 0 Å². The molecule has 0 fully saturated rings. The molecule has 0 spiro atoms. The van der Waals surface area contributed by atoms with Crippen molar-refractivity contribution < 1.29 is 9.21 Å². The second-order valence-electron chi connectivity index (χ2n) is 4.26. The maximum absolute atomic E-state index is 12.2. The number of halogens is 2. The summed E-state index contributed by atoms with van der Waals surface area (Å²) in [6, 6.07) is 11.0. The Morgan fingerprint density at radius 1 is 1.24 bits per heavy atom. The summed E-state index contributed by atoms with van der Waals surface area (Å²) in [6.07, 6.45) is 0. The lowest BCUT2D eigenvalue weighted by atomic mass is 10.3. The number of carbonyl (C=O) groups is 1. The van der Waals surface area contributed by atoms with E-state index in [2.05, 4.69) is 21.2 Å². The number of rotatable bonds is 1. The summed E-state index contributed by atoms with van der Waals surface area (Å²) >= 11 is 9.13. The van der Waals surface area contributed by atoms with Crippen LogP contribution in [0.4, 0.5) is 10.5 Å². The average Bonchev–Trinajstić information content (AvgIpc) is 2.73. The van der Waals surface area contributed by atoms with Crippen LogP contribution in [-0.2, 0) is 0 Å². The fourth-order valence-electron chi connectivity index (χ4n) is 1.93. The first-order chi connectivity index (χ1) is 10.0. The van der Waals surface area contributed by atoms with E-state index >= 15 is 0 Å². The maximum atomic E-state index is 12.2. The van der Waals surface area contributed by atoms with Crippen LogP contribution in [0.3, 0.4) is 0 Å². The van der Waals surface area contributed by atoms with Crippen molar-refractivity contribution in [2.24, 2.45) is 0 Å². The Morgan fingerprint density at radius 3 is 2.81 bits per heavy atom. The van der Waals surface area contributed by atoms with Crippen molar-refractivity contribution in [1.29, 1.82) is 0 Å². The van der Waals surface area contributed by atoms with Gasteiger partial charge in [0.15, 0.2) is 5.58 Å². The molecule has 5 nitrogen and oxygen atoms in total. The van der Waals surface area contributed by atoms with Gasteiger partial charge in [-0.25, -0.2) is 9.59 Å². The maximum Gasteiger partial charge on any atom is 0.428 e. The number of benzene rings is 2. The Labute approximate surface area is 132 Å². The number of oxazole rings is 1. The molecule has 0 radical (unpaired) electrons. The number of anilines is 1. The molecular weight excluding hydrogens is 360 g/mol. The van der Waals surface area contributed by atoms with Gasteiger partial charge < -0.3 is 9.73 Å². The van der Waals surface area contributed by atoms with Gasteiger partial charge in [0.05, 0.1) is 5.52 Å². The molecule has 0 aliphatic rings. The van der Waals surface area contributed by atoms with E-state index in [1.165, 1.54) is 0 Å². The number of fused-ring (bicyclic) bond motifs is 1. The molecule has 1 N–H and O–H groups in total. The van der Waals surface area contributed by atoms with Gasteiger partial charge in [-0.15, -0.1) is 0 Å². The predicted molar refractivity (Wildman–Crippen MR) is 84.0 cm³/mol. The summed E-state index contributed by atoms with van der Waals surface area (Å²) in [7, 11) is 0. The Morgan fingerprint density at radius 2 is 2.05 bits per heavy atom. The van der Waals surface area contributed by atoms with Crippen LogP contribution >= 0.6 is 27.5 Å². The Bertz CT molecular complexity index is 901. The average molecular weight is 368 g/mol. The first-order valence-corrected chi connectivity index (χ1v) is 7.10. The third-order valence-electron chi connectivity index (χ3n) is 2.82. The normalized spacial score (nSPS) is 10.8. The molecule has 0 saturated carbocycles. The zero-order chi connectivity index (χ0) is 15.0. The van der Waals surface area contributed by atoms with Gasteiger partial charge in [-0.1, -0.05) is 33.6 Å². The van der Waals surface area contributed by atoms with Crippen LogP contribution in [0.1, 0.15) is 0 Å². The lowest BCUT2D eigenvalue weighted by Crippen LogP contribution is -2.27. The van der Waals surface area contributed by atoms with E-state index in [1.807, 2.05) is 0 Å². The van der Waals surface area contributed by atoms with Gasteiger partial charge in [-0.05, 0) is 36.4 Å². The molecule has 0 aliphatic heterocycles. The van der Waals surface area contributed by atoms with Gasteiger partial charge in [0.1, 0.15) is 0 Å². The molecule has 0 aliphatic carbocycles. The summed E-state index contributed by atoms with van der Waals surface area (Å²) in [5.41, 5.74) is 1.21. The van der Waals surface area contributed by atoms with Crippen molar-refractivity contribution in [1.82, 2.24) is 4.57 Å². The summed E-state index contributed by atoms with van der Waals surface area (Å²) in [6.45, 7) is 0. The molecule has 3 rings (SSSR count). The van der Waals surface area contributed by atoms with E-state index in [0.29, 0.717) is 21.8 Å². The predicted octanol–water partition coefficient (Wildman–Crippen LogP) is 4.09. The standard InChI is InChI=1S/C14H8BrClN2O3/c15-8-4-5-11-12(6-8)21-14(20)18(11)13(19)17-10-3-1-2-9(16)7-10/h1-7H,(H,17,19). The van der Waals surface area contributed by atoms with Crippen molar-refractivity contribution in [2.75, 3.05) is 5.32 Å². The Kier molecular flexibility index (Phi) is 3.57. The van der Waals surface area contributed by atoms with Crippen molar-refractivity contribution in [3.63, 3.8) is 0 Å². The third-order valence-corrected chi connectivity index (χ3v) is 3.55. The second-order valence-corrected chi connectivity index (χ2v) is 5.61. The minimum absolute atomic E-state index is 0.329. The lowest BCUT2D eigenvalue weighted by Gasteiger charge is -2.05. The van der Waals surface area contributed by atoms with Gasteiger partial charge >= 0.3 is 11.8 Å². The van der Waals surface area contributed by atoms with Crippen LogP contribution in [0.2, 0.25) is 5.02 Å². The summed E-state index contributed by atoms with van der Waals surface area (Å²) in [5, 5.41) is 3.09. The minimum Gasteiger partial charge on any atom is -0.407 e. The van der Waals surface area contributed by atoms with Crippen molar-refractivity contribution >= 4 is 50.3 Å². The molecule has 7 heteroatoms. The summed E-state index contributed by atoms with van der Waals surface area (Å²) < 4.78 is 6.74. The zero-order valence-electron chi connectivity index (χ0n) is 10.5. The molecule has 0 unspecified atom stereocenters. The van der Waals surface area contributed by atoms with Crippen LogP contribution in [0, 0.1) is 0 Å². The van der Waals surface area contributed by atoms with E-state index in [1.54, 1.807) is 42.5 Å². The Balaban J connectivity index is 2.02. The summed E-state index contributed by atoms with van der Waals surface area (Å²) in [4.78, 5) is 24.1. The van der Waals surface area contributed by atoms with E-state index < -0.39 is 11.8 Å². The minimum atomic E-state index is -0.748. The number of nitrogens with one attached hydrogen (secondary N) is 1. The van der Waals surface area contributed by atoms with Crippen LogP contribution in [0.25, 0.3) is 11.1 Å². The van der Waals surface area contributed by atoms with Crippen molar-refractivity contribution in [3.8, 4) is 0 Å². The number of aromatic nitrogens is 1. The molecule has 21 heavy (non-hydrogen) atoms. The Hall–Kier alpha value is -2.05. The number of amides is 1. The van der Waals surface area contributed by atoms with Crippen LogP contribution in [0.15, 0.2) is 56.1 Å². The van der Waals surface area contributed by atoms with Gasteiger partial charge in [-0.2, -0.15) is 4.57 Å². The molecule has 0 atom stereocenters. The fraction of sp³-hybridized carbons (Fsp3) is 0. The zero-order valence-corrected chi connectivity index (χ0v) is 12.8. The highest BCUT2D eigenvalue weighted by molar-refractivity contribution is 9.10. The van der Waals surface area contributed by atoms with E-state index in [9.17, 15) is 9.59 Å². The molecule has 1 aromatic heterocycles. The molecule has 1 heterocycles. The highest BCUT2D eigenvalue weighted by atomic mass is 79.9. The first-order valence-electron chi connectivity index (χ1n) is 5.92. The number of nitrogens with zero attached hydrogens (tertiary/aromatic N) is 1. The van der Waals surface area contributed by atoms with Crippen LogP contribution in [0.5, 0.6) is 0 Å². The lowest BCUT2D eigenvalue weighted by molar-refractivity contribution is 0.252. The monoisotopic (exact) mass is 366 g/mol. The van der Waals surface area contributed by atoms with Gasteiger partial charge in [-0.3, -0.25) is 0 Å². The van der Waals surface area contributed by atoms with E-state index in [0.717, 1.165) is 9.04 Å². The SMILES string of the molecule is O=C(Nc1cccc(Cl)c1)n1c(=O)oc2cc(Br)ccc21. The summed E-state index contributed by atoms with van der Waals surface area (Å²) in [5.74, 6) is -0.748. The molecule has 106 valence electrons. The smallest absolute Gasteiger partial charge is 0.407 e. The molecule has 2 aromatic carbocycles. The number of hydrogen-bond donors (Lipinski definition) is 1. The molecule has 3 aromatic rings. The fourth-order valence-corrected chi connectivity index (χ4v) is 2.46. The van der Waals surface area contributed by atoms with E-state index in [-0.39, 0.29) is 0 Å². The molecular formula is C14H8BrClN2O3. The highest BCUT2D eigenvalue weighted by Crippen LogP contribution is 2.20. The molecule has 0 bridgehead atoms. The van der Waals surface area contributed by atoms with Crippen LogP contribution < -0.4 is 11.1 Å². The highest BCUT2D eigenvalue weighted by Gasteiger charge is 2.16. The first kappa shape index (κ1) is 13.9. The topological polar surface area (TPSA) is 64.2 Å². The van der Waals surface area contributed by atoms with Gasteiger partial charge in [0.2, 0.25) is 0 Å². The second kappa shape index (κ2) is 5.38. The number of carbonyl (C=O) groups excluding carboxylic acids is 1. The van der Waals surface area contributed by atoms with Gasteiger partial charge in [0, 0.05) is 15.2 Å².